The van der Waals surface area contributed by atoms with Crippen LogP contribution in [0.3, 0.4) is 0 Å². The van der Waals surface area contributed by atoms with Crippen LogP contribution in [0.1, 0.15) is 5.56 Å². The molecule has 25 heavy (non-hydrogen) atoms. The Labute approximate surface area is 197 Å². The quantitative estimate of drug-likeness (QED) is 0.274. The molecule has 4 unspecified atom stereocenters. The molecular formula is C10H18NNa2O7P5. The summed E-state index contributed by atoms with van der Waals surface area (Å²) >= 11 is 0. The predicted molar refractivity (Wildman–Crippen MR) is 93.2 cm³/mol. The second-order valence-corrected chi connectivity index (χ2v) is 13.7. The normalized spacial score (nSPS) is 15.7. The Kier molecular flexibility index (Phi) is 16.3. The van der Waals surface area contributed by atoms with Gasteiger partial charge in [0.05, 0.1) is 12.6 Å². The van der Waals surface area contributed by atoms with Gasteiger partial charge in [0.2, 0.25) is 0 Å². The first-order valence-electron chi connectivity index (χ1n) is 6.29. The van der Waals surface area contributed by atoms with Crippen LogP contribution in [0.4, 0.5) is 0 Å². The summed E-state index contributed by atoms with van der Waals surface area (Å²) in [6.45, 7) is 0.0414. The number of rotatable bonds is 9. The summed E-state index contributed by atoms with van der Waals surface area (Å²) < 4.78 is 27.4. The minimum absolute atomic E-state index is 0. The third-order valence-corrected chi connectivity index (χ3v) is 5.18. The molecule has 2 N–H and O–H groups in total. The zero-order chi connectivity index (χ0) is 17.7. The smallest absolute Gasteiger partial charge is 0.778 e. The van der Waals surface area contributed by atoms with Crippen LogP contribution in [0.15, 0.2) is 24.3 Å². The van der Waals surface area contributed by atoms with Gasteiger partial charge in [-0.25, -0.2) is 0 Å². The molecule has 8 nitrogen and oxygen atoms in total. The maximum atomic E-state index is 10.9. The Balaban J connectivity index is 0. The minimum atomic E-state index is -4.67. The Morgan fingerprint density at radius 1 is 1.04 bits per heavy atom. The van der Waals surface area contributed by atoms with Crippen molar-refractivity contribution in [3.8, 4) is 5.75 Å². The fraction of sp³-hybridized carbons (Fsp3) is 0.400. The van der Waals surface area contributed by atoms with Crippen LogP contribution in [-0.2, 0) is 15.6 Å². The van der Waals surface area contributed by atoms with Crippen molar-refractivity contribution >= 4 is 40.6 Å². The first kappa shape index (κ1) is 29.8. The molecule has 0 amide bonds. The molecule has 0 bridgehead atoms. The van der Waals surface area contributed by atoms with Gasteiger partial charge in [0.15, 0.2) is 0 Å². The molecule has 0 spiro atoms. The van der Waals surface area contributed by atoms with Crippen LogP contribution < -0.4 is 73.4 Å². The maximum absolute atomic E-state index is 10.9. The third-order valence-electron chi connectivity index (χ3n) is 2.61. The monoisotopic (exact) mass is 465 g/mol. The van der Waals surface area contributed by atoms with E-state index in [1.807, 2.05) is 0 Å². The van der Waals surface area contributed by atoms with Gasteiger partial charge in [-0.05, 0) is 24.1 Å². The molecule has 0 aliphatic heterocycles. The topological polar surface area (TPSA) is 133 Å². The number of nitrogens with zero attached hydrogens (tertiary/aromatic N) is 1. The van der Waals surface area contributed by atoms with E-state index >= 15 is 0 Å². The van der Waals surface area contributed by atoms with Gasteiger partial charge < -0.3 is 33.2 Å². The molecule has 1 aromatic rings. The predicted octanol–water partition coefficient (Wildman–Crippen LogP) is -5.10. The molecule has 0 aromatic heterocycles. The number of benzene rings is 1. The van der Waals surface area contributed by atoms with Crippen LogP contribution >= 0.6 is 40.6 Å². The second-order valence-electron chi connectivity index (χ2n) is 4.80. The molecule has 15 heteroatoms. The fourth-order valence-corrected chi connectivity index (χ4v) is 4.56. The van der Waals surface area contributed by atoms with Gasteiger partial charge >= 0.3 is 59.1 Å². The molecule has 1 rings (SSSR count). The van der Waals surface area contributed by atoms with Gasteiger partial charge in [-0.2, -0.15) is 0 Å². The SMILES string of the molecule is O=P([O-])(O)CN(CCc1ccc(OP(P)P)cc1)CP(=O)([O-])O.[Na+].[Na+]. The van der Waals surface area contributed by atoms with Crippen molar-refractivity contribution in [1.82, 2.24) is 4.90 Å². The minimum Gasteiger partial charge on any atom is -0.778 e. The molecule has 0 fully saturated rings. The Morgan fingerprint density at radius 2 is 1.48 bits per heavy atom. The van der Waals surface area contributed by atoms with Crippen LogP contribution in [0.5, 0.6) is 5.75 Å². The first-order valence-corrected chi connectivity index (χ1v) is 14.3. The average Bonchev–Trinajstić information content (AvgIpc) is 2.33. The van der Waals surface area contributed by atoms with Crippen molar-refractivity contribution in [3.63, 3.8) is 0 Å². The maximum Gasteiger partial charge on any atom is 1.00 e. The molecule has 4 atom stereocenters. The number of hydrogen-bond acceptors (Lipinski definition) is 6. The van der Waals surface area contributed by atoms with E-state index in [0.29, 0.717) is 12.2 Å². The first-order chi connectivity index (χ1) is 10.4. The van der Waals surface area contributed by atoms with Crippen molar-refractivity contribution in [3.05, 3.63) is 29.8 Å². The van der Waals surface area contributed by atoms with Crippen molar-refractivity contribution in [1.29, 1.82) is 0 Å². The van der Waals surface area contributed by atoms with Crippen LogP contribution in [0, 0.1) is 0 Å². The van der Waals surface area contributed by atoms with E-state index in [1.54, 1.807) is 24.3 Å². The van der Waals surface area contributed by atoms with Crippen molar-refractivity contribution in [2.75, 3.05) is 19.1 Å². The molecule has 0 aliphatic rings. The van der Waals surface area contributed by atoms with E-state index in [0.717, 1.165) is 10.5 Å². The summed E-state index contributed by atoms with van der Waals surface area (Å²) in [6, 6.07) is 7.04. The standard InChI is InChI=1S/C10H20NO7P5.2Na/c12-22(13,14)7-11(8-23(15,16)17)6-5-9-1-3-10(4-2-9)18-21(19)20;;/h1-4H,5-8,19-20H2,(H2,12,13,14)(H2,15,16,17);;/q;2*+1/p-2. The summed E-state index contributed by atoms with van der Waals surface area (Å²) in [5.41, 5.74) is 0.830. The second kappa shape index (κ2) is 13.7. The van der Waals surface area contributed by atoms with Gasteiger partial charge in [-0.3, -0.25) is 4.90 Å². The average molecular weight is 465 g/mol. The zero-order valence-corrected chi connectivity index (χ0v) is 23.0. The van der Waals surface area contributed by atoms with E-state index < -0.39 is 35.3 Å². The molecule has 0 heterocycles. The molecule has 0 saturated heterocycles. The van der Waals surface area contributed by atoms with Gasteiger partial charge in [-0.15, -0.1) is 0 Å². The molecule has 0 aliphatic carbocycles. The summed E-state index contributed by atoms with van der Waals surface area (Å²) in [7, 11) is -4.99. The number of hydrogen-bond donors (Lipinski definition) is 2. The molecular weight excluding hydrogens is 447 g/mol. The summed E-state index contributed by atoms with van der Waals surface area (Å²) in [4.78, 5) is 40.6. The van der Waals surface area contributed by atoms with Crippen molar-refractivity contribution in [2.45, 2.75) is 6.42 Å². The van der Waals surface area contributed by atoms with E-state index in [1.165, 1.54) is 0 Å². The Hall–Kier alpha value is 2.57. The Bertz CT molecular complexity index is 570. The van der Waals surface area contributed by atoms with Crippen LogP contribution in [0.25, 0.3) is 0 Å². The van der Waals surface area contributed by atoms with Crippen LogP contribution in [0.2, 0.25) is 0 Å². The van der Waals surface area contributed by atoms with E-state index in [9.17, 15) is 18.9 Å². The molecule has 0 radical (unpaired) electrons. The fourth-order valence-electron chi connectivity index (χ4n) is 1.82. The molecule has 1 aromatic carbocycles. The zero-order valence-electron chi connectivity index (χ0n) is 14.0. The Morgan fingerprint density at radius 3 is 1.84 bits per heavy atom. The van der Waals surface area contributed by atoms with E-state index in [2.05, 4.69) is 17.9 Å². The van der Waals surface area contributed by atoms with Gasteiger partial charge in [-0.1, -0.05) is 30.0 Å². The van der Waals surface area contributed by atoms with Gasteiger partial charge in [0, 0.05) is 6.54 Å². The van der Waals surface area contributed by atoms with Gasteiger partial charge in [0.1, 0.15) is 28.5 Å². The summed E-state index contributed by atoms with van der Waals surface area (Å²) in [5.74, 6) is 0.681. The third kappa shape index (κ3) is 16.1. The van der Waals surface area contributed by atoms with Crippen molar-refractivity contribution < 1.29 is 92.3 Å². The summed E-state index contributed by atoms with van der Waals surface area (Å²) in [6.07, 6.45) is -1.34. The van der Waals surface area contributed by atoms with Crippen molar-refractivity contribution in [2.24, 2.45) is 0 Å². The van der Waals surface area contributed by atoms with Gasteiger partial charge in [0.25, 0.3) is 0 Å². The van der Waals surface area contributed by atoms with Crippen LogP contribution in [-0.4, -0.2) is 33.8 Å². The summed E-state index contributed by atoms with van der Waals surface area (Å²) in [5, 5.41) is 0. The van der Waals surface area contributed by atoms with E-state index in [-0.39, 0.29) is 65.7 Å². The van der Waals surface area contributed by atoms with E-state index in [4.69, 9.17) is 14.3 Å². The molecule has 0 saturated carbocycles. The largest absolute Gasteiger partial charge is 1.00 e. The molecule has 132 valence electrons.